The smallest absolute Gasteiger partial charge is 0.233 e. The Labute approximate surface area is 107 Å². The lowest BCUT2D eigenvalue weighted by Gasteiger charge is -2.16. The van der Waals surface area contributed by atoms with E-state index in [4.69, 9.17) is 4.52 Å². The van der Waals surface area contributed by atoms with E-state index in [9.17, 15) is 0 Å². The summed E-state index contributed by atoms with van der Waals surface area (Å²) < 4.78 is 5.64. The summed E-state index contributed by atoms with van der Waals surface area (Å²) in [4.78, 5) is 4.53. The summed E-state index contributed by atoms with van der Waals surface area (Å²) in [5.41, 5.74) is 0.0254. The summed E-state index contributed by atoms with van der Waals surface area (Å²) in [6.07, 6.45) is 1.07. The van der Waals surface area contributed by atoms with Crippen molar-refractivity contribution in [3.05, 3.63) is 11.7 Å². The van der Waals surface area contributed by atoms with Crippen molar-refractivity contribution in [2.75, 3.05) is 13.1 Å². The van der Waals surface area contributed by atoms with Crippen LogP contribution in [-0.4, -0.2) is 28.0 Å². The molecular weight excluding hydrogens is 234 g/mol. The van der Waals surface area contributed by atoms with Crippen LogP contribution in [0.2, 0.25) is 0 Å². The lowest BCUT2D eigenvalue weighted by molar-refractivity contribution is 0.305. The first kappa shape index (κ1) is 12.9. The van der Waals surface area contributed by atoms with E-state index in [0.717, 1.165) is 37.0 Å². The van der Waals surface area contributed by atoms with Gasteiger partial charge in [-0.25, -0.2) is 0 Å². The molecule has 1 aliphatic heterocycles. The average molecular weight is 255 g/mol. The normalized spacial score (nSPS) is 25.4. The molecule has 1 N–H and O–H groups in total. The van der Waals surface area contributed by atoms with Gasteiger partial charge in [-0.2, -0.15) is 4.98 Å². The molecule has 2 heterocycles. The first-order valence-electron chi connectivity index (χ1n) is 6.07. The molecule has 1 fully saturated rings. The van der Waals surface area contributed by atoms with Crippen molar-refractivity contribution in [3.63, 3.8) is 0 Å². The maximum atomic E-state index is 5.40. The van der Waals surface area contributed by atoms with Gasteiger partial charge in [0, 0.05) is 11.3 Å². The lowest BCUT2D eigenvalue weighted by atomic mass is 9.90. The number of thioether (sulfide) groups is 1. The molecule has 1 aliphatic rings. The summed E-state index contributed by atoms with van der Waals surface area (Å²) in [6, 6.07) is 0. The fourth-order valence-electron chi connectivity index (χ4n) is 1.84. The highest BCUT2D eigenvalue weighted by molar-refractivity contribution is 7.99. The average Bonchev–Trinajstić information content (AvgIpc) is 2.83. The van der Waals surface area contributed by atoms with Gasteiger partial charge >= 0.3 is 0 Å². The molecule has 5 heteroatoms. The van der Waals surface area contributed by atoms with Crippen LogP contribution in [0.25, 0.3) is 0 Å². The van der Waals surface area contributed by atoms with E-state index in [1.807, 2.05) is 11.8 Å². The molecule has 0 spiro atoms. The van der Waals surface area contributed by atoms with Crippen molar-refractivity contribution in [1.29, 1.82) is 0 Å². The van der Waals surface area contributed by atoms with Gasteiger partial charge in [-0.05, 0) is 19.9 Å². The summed E-state index contributed by atoms with van der Waals surface area (Å²) >= 11 is 1.84. The van der Waals surface area contributed by atoms with Gasteiger partial charge in [0.2, 0.25) is 5.89 Å². The van der Waals surface area contributed by atoms with Crippen LogP contribution < -0.4 is 5.32 Å². The van der Waals surface area contributed by atoms with Crippen LogP contribution in [0.1, 0.15) is 45.8 Å². The Morgan fingerprint density at radius 2 is 2.24 bits per heavy atom. The number of nitrogens with one attached hydrogen (secondary N) is 1. The minimum Gasteiger partial charge on any atom is -0.339 e. The first-order valence-corrected chi connectivity index (χ1v) is 7.05. The summed E-state index contributed by atoms with van der Waals surface area (Å²) in [7, 11) is 0. The van der Waals surface area contributed by atoms with Crippen LogP contribution in [0.3, 0.4) is 0 Å². The van der Waals surface area contributed by atoms with Gasteiger partial charge in [0.05, 0.1) is 11.2 Å². The summed E-state index contributed by atoms with van der Waals surface area (Å²) in [6.45, 7) is 10.7. The summed E-state index contributed by atoms with van der Waals surface area (Å²) in [5.74, 6) is 2.41. The highest BCUT2D eigenvalue weighted by Crippen LogP contribution is 2.30. The number of rotatable bonds is 3. The van der Waals surface area contributed by atoms with E-state index < -0.39 is 0 Å². The molecule has 1 saturated heterocycles. The van der Waals surface area contributed by atoms with Crippen molar-refractivity contribution in [2.24, 2.45) is 0 Å². The van der Waals surface area contributed by atoms with Gasteiger partial charge in [0.15, 0.2) is 5.82 Å². The Balaban J connectivity index is 2.01. The second kappa shape index (κ2) is 4.61. The van der Waals surface area contributed by atoms with Gasteiger partial charge in [-0.3, -0.25) is 0 Å². The van der Waals surface area contributed by atoms with Gasteiger partial charge in [0.25, 0.3) is 0 Å². The number of hydrogen-bond acceptors (Lipinski definition) is 5. The van der Waals surface area contributed by atoms with Crippen molar-refractivity contribution >= 4 is 11.8 Å². The maximum absolute atomic E-state index is 5.40. The second-order valence-corrected chi connectivity index (χ2v) is 7.71. The predicted octanol–water partition coefficient (Wildman–Crippen LogP) is 2.35. The zero-order chi connectivity index (χ0) is 12.5. The Hall–Kier alpha value is -0.550. The fraction of sp³-hybridized carbons (Fsp3) is 0.833. The third-order valence-electron chi connectivity index (χ3n) is 2.99. The van der Waals surface area contributed by atoms with Crippen molar-refractivity contribution in [1.82, 2.24) is 15.5 Å². The second-order valence-electron chi connectivity index (χ2n) is 5.90. The van der Waals surface area contributed by atoms with E-state index >= 15 is 0 Å². The third kappa shape index (κ3) is 3.22. The molecule has 0 saturated carbocycles. The van der Waals surface area contributed by atoms with Crippen LogP contribution in [0.15, 0.2) is 4.52 Å². The molecule has 0 bridgehead atoms. The van der Waals surface area contributed by atoms with Gasteiger partial charge in [-0.15, -0.1) is 11.8 Å². The fourth-order valence-corrected chi connectivity index (χ4v) is 2.52. The van der Waals surface area contributed by atoms with Gasteiger partial charge in [-0.1, -0.05) is 25.9 Å². The molecule has 1 unspecified atom stereocenters. The van der Waals surface area contributed by atoms with E-state index in [2.05, 4.69) is 43.2 Å². The van der Waals surface area contributed by atoms with Gasteiger partial charge in [0.1, 0.15) is 0 Å². The van der Waals surface area contributed by atoms with Crippen LogP contribution in [-0.2, 0) is 11.2 Å². The highest BCUT2D eigenvalue weighted by Gasteiger charge is 2.36. The largest absolute Gasteiger partial charge is 0.339 e. The molecule has 2 rings (SSSR count). The van der Waals surface area contributed by atoms with Crippen molar-refractivity contribution < 1.29 is 4.52 Å². The molecule has 1 atom stereocenters. The number of aromatic nitrogens is 2. The van der Waals surface area contributed by atoms with Gasteiger partial charge < -0.3 is 9.84 Å². The molecule has 1 aromatic heterocycles. The van der Waals surface area contributed by atoms with E-state index in [0.29, 0.717) is 0 Å². The zero-order valence-corrected chi connectivity index (χ0v) is 11.9. The Kier molecular flexibility index (Phi) is 3.50. The van der Waals surface area contributed by atoms with Crippen LogP contribution >= 0.6 is 11.8 Å². The molecule has 0 radical (unpaired) electrons. The molecule has 1 aromatic rings. The minimum atomic E-state index is 0.0254. The monoisotopic (exact) mass is 255 g/mol. The Bertz CT molecular complexity index is 377. The summed E-state index contributed by atoms with van der Waals surface area (Å²) in [5, 5.41) is 7.42. The SMILES string of the molecule is CC(C)(C)SCc1noc(C2(C)CCNC2)n1. The van der Waals surface area contributed by atoms with Crippen molar-refractivity contribution in [3.8, 4) is 0 Å². The molecule has 0 aliphatic carbocycles. The van der Waals surface area contributed by atoms with Crippen LogP contribution in [0, 0.1) is 0 Å². The molecule has 4 nitrogen and oxygen atoms in total. The number of hydrogen-bond donors (Lipinski definition) is 1. The van der Waals surface area contributed by atoms with E-state index in [-0.39, 0.29) is 10.2 Å². The van der Waals surface area contributed by atoms with E-state index in [1.165, 1.54) is 0 Å². The lowest BCUT2D eigenvalue weighted by Crippen LogP contribution is -2.25. The maximum Gasteiger partial charge on any atom is 0.233 e. The first-order chi connectivity index (χ1) is 7.89. The van der Waals surface area contributed by atoms with Crippen molar-refractivity contribution in [2.45, 2.75) is 50.0 Å². The van der Waals surface area contributed by atoms with E-state index in [1.54, 1.807) is 0 Å². The topological polar surface area (TPSA) is 51.0 Å². The zero-order valence-electron chi connectivity index (χ0n) is 11.0. The quantitative estimate of drug-likeness (QED) is 0.898. The van der Waals surface area contributed by atoms with Crippen LogP contribution in [0.5, 0.6) is 0 Å². The molecule has 0 aromatic carbocycles. The highest BCUT2D eigenvalue weighted by atomic mass is 32.2. The molecule has 0 amide bonds. The molecule has 96 valence electrons. The Morgan fingerprint density at radius 1 is 1.47 bits per heavy atom. The third-order valence-corrected chi connectivity index (χ3v) is 4.26. The standard InChI is InChI=1S/C12H21N3OS/c1-11(2,3)17-7-9-14-10(16-15-9)12(4)5-6-13-8-12/h13H,5-8H2,1-4H3. The van der Waals surface area contributed by atoms with Crippen LogP contribution in [0.4, 0.5) is 0 Å². The molecular formula is C12H21N3OS. The molecule has 17 heavy (non-hydrogen) atoms. The minimum absolute atomic E-state index is 0.0254. The Morgan fingerprint density at radius 3 is 2.82 bits per heavy atom. The number of nitrogens with zero attached hydrogens (tertiary/aromatic N) is 2. The predicted molar refractivity (Wildman–Crippen MR) is 70.2 cm³/mol.